The van der Waals surface area contributed by atoms with Crippen molar-refractivity contribution in [2.45, 2.75) is 31.7 Å². The lowest BCUT2D eigenvalue weighted by Crippen LogP contribution is -2.29. The van der Waals surface area contributed by atoms with Crippen LogP contribution in [0.3, 0.4) is 0 Å². The molecule has 0 aromatic carbocycles. The number of furan rings is 1. The topological polar surface area (TPSA) is 64.1 Å². The maximum atomic E-state index is 5.92. The zero-order chi connectivity index (χ0) is 12.4. The molecule has 1 aliphatic carbocycles. The number of nitrogens with zero attached hydrogens (tertiary/aromatic N) is 1. The van der Waals surface area contributed by atoms with Gasteiger partial charge in [-0.05, 0) is 43.7 Å². The number of anilines is 1. The first-order chi connectivity index (χ1) is 8.83. The van der Waals surface area contributed by atoms with Gasteiger partial charge in [0, 0.05) is 18.8 Å². The number of nitrogens with one attached hydrogen (secondary N) is 1. The fraction of sp³-hybridized carbons (Fsp3) is 0.500. The molecule has 1 saturated carbocycles. The summed E-state index contributed by atoms with van der Waals surface area (Å²) in [4.78, 5) is 4.38. The summed E-state index contributed by atoms with van der Waals surface area (Å²) in [6.45, 7) is 0.976. The van der Waals surface area contributed by atoms with E-state index in [0.717, 1.165) is 36.2 Å². The maximum Gasteiger partial charge on any atom is 0.139 e. The molecule has 4 heteroatoms. The fourth-order valence-electron chi connectivity index (χ4n) is 2.67. The number of pyridine rings is 1. The van der Waals surface area contributed by atoms with E-state index in [1.54, 1.807) is 12.5 Å². The Kier molecular flexibility index (Phi) is 3.19. The van der Waals surface area contributed by atoms with Crippen LogP contribution in [-0.2, 0) is 0 Å². The number of nitrogens with two attached hydrogens (primary N) is 1. The Hall–Kier alpha value is -1.55. The maximum absolute atomic E-state index is 5.92. The number of hydrogen-bond donors (Lipinski definition) is 2. The lowest BCUT2D eigenvalue weighted by atomic mass is 9.86. The van der Waals surface area contributed by atoms with E-state index in [1.807, 2.05) is 12.1 Å². The largest absolute Gasteiger partial charge is 0.464 e. The summed E-state index contributed by atoms with van der Waals surface area (Å²) in [6.07, 6.45) is 8.22. The van der Waals surface area contributed by atoms with Crippen LogP contribution in [0.25, 0.3) is 11.0 Å². The lowest BCUT2D eigenvalue weighted by Gasteiger charge is -2.26. The third kappa shape index (κ3) is 2.34. The second-order valence-electron chi connectivity index (χ2n) is 5.15. The summed E-state index contributed by atoms with van der Waals surface area (Å²) in [5.41, 5.74) is 6.81. The SMILES string of the molecule is NC1CCC(CNc2nccc3occc23)CC1. The van der Waals surface area contributed by atoms with E-state index in [1.165, 1.54) is 12.8 Å². The first kappa shape index (κ1) is 11.5. The Morgan fingerprint density at radius 1 is 1.28 bits per heavy atom. The predicted molar refractivity (Wildman–Crippen MR) is 72.4 cm³/mol. The smallest absolute Gasteiger partial charge is 0.139 e. The van der Waals surface area contributed by atoms with Crippen molar-refractivity contribution < 1.29 is 4.42 Å². The van der Waals surface area contributed by atoms with Crippen molar-refractivity contribution in [2.75, 3.05) is 11.9 Å². The molecule has 2 aromatic rings. The average molecular weight is 245 g/mol. The van der Waals surface area contributed by atoms with E-state index < -0.39 is 0 Å². The third-order valence-electron chi connectivity index (χ3n) is 3.83. The van der Waals surface area contributed by atoms with Gasteiger partial charge in [0.25, 0.3) is 0 Å². The van der Waals surface area contributed by atoms with Crippen molar-refractivity contribution in [1.29, 1.82) is 0 Å². The molecule has 0 spiro atoms. The summed E-state index contributed by atoms with van der Waals surface area (Å²) >= 11 is 0. The van der Waals surface area contributed by atoms with Gasteiger partial charge in [-0.2, -0.15) is 0 Å². The minimum atomic E-state index is 0.414. The Morgan fingerprint density at radius 2 is 2.11 bits per heavy atom. The number of rotatable bonds is 3. The lowest BCUT2D eigenvalue weighted by molar-refractivity contribution is 0.338. The molecule has 0 unspecified atom stereocenters. The minimum Gasteiger partial charge on any atom is -0.464 e. The summed E-state index contributed by atoms with van der Waals surface area (Å²) in [6, 6.07) is 4.26. The van der Waals surface area contributed by atoms with Gasteiger partial charge in [-0.1, -0.05) is 0 Å². The molecule has 0 atom stereocenters. The molecule has 0 aliphatic heterocycles. The van der Waals surface area contributed by atoms with Crippen LogP contribution in [0, 0.1) is 5.92 Å². The first-order valence-electron chi connectivity index (χ1n) is 6.64. The van der Waals surface area contributed by atoms with Crippen molar-refractivity contribution >= 4 is 16.8 Å². The fourth-order valence-corrected chi connectivity index (χ4v) is 2.67. The van der Waals surface area contributed by atoms with Crippen LogP contribution in [-0.4, -0.2) is 17.6 Å². The van der Waals surface area contributed by atoms with Gasteiger partial charge in [0.1, 0.15) is 11.4 Å². The van der Waals surface area contributed by atoms with Crippen molar-refractivity contribution in [1.82, 2.24) is 4.98 Å². The van der Waals surface area contributed by atoms with Gasteiger partial charge >= 0.3 is 0 Å². The van der Waals surface area contributed by atoms with Crippen molar-refractivity contribution in [2.24, 2.45) is 11.7 Å². The number of fused-ring (bicyclic) bond motifs is 1. The van der Waals surface area contributed by atoms with Crippen molar-refractivity contribution in [3.8, 4) is 0 Å². The number of hydrogen-bond acceptors (Lipinski definition) is 4. The Balaban J connectivity index is 1.64. The standard InChI is InChI=1S/C14H19N3O/c15-11-3-1-10(2-4-11)9-17-14-12-6-8-18-13(12)5-7-16-14/h5-8,10-11H,1-4,9,15H2,(H,16,17). The van der Waals surface area contributed by atoms with Crippen LogP contribution in [0.2, 0.25) is 0 Å². The van der Waals surface area contributed by atoms with E-state index in [9.17, 15) is 0 Å². The Labute approximate surface area is 107 Å². The molecule has 0 radical (unpaired) electrons. The van der Waals surface area contributed by atoms with E-state index in [-0.39, 0.29) is 0 Å². The van der Waals surface area contributed by atoms with Gasteiger partial charge in [0.2, 0.25) is 0 Å². The van der Waals surface area contributed by atoms with Crippen molar-refractivity contribution in [3.05, 3.63) is 24.6 Å². The second-order valence-corrected chi connectivity index (χ2v) is 5.15. The van der Waals surface area contributed by atoms with E-state index >= 15 is 0 Å². The van der Waals surface area contributed by atoms with Crippen LogP contribution in [0.15, 0.2) is 29.0 Å². The zero-order valence-electron chi connectivity index (χ0n) is 10.4. The summed E-state index contributed by atoms with van der Waals surface area (Å²) in [7, 11) is 0. The molecule has 3 rings (SSSR count). The first-order valence-corrected chi connectivity index (χ1v) is 6.64. The van der Waals surface area contributed by atoms with Crippen LogP contribution >= 0.6 is 0 Å². The Bertz CT molecular complexity index is 514. The molecule has 0 amide bonds. The molecule has 1 aliphatic rings. The third-order valence-corrected chi connectivity index (χ3v) is 3.83. The highest BCUT2D eigenvalue weighted by Crippen LogP contribution is 2.25. The predicted octanol–water partition coefficient (Wildman–Crippen LogP) is 2.76. The molecule has 96 valence electrons. The molecule has 0 saturated heterocycles. The minimum absolute atomic E-state index is 0.414. The molecular formula is C14H19N3O. The molecule has 3 N–H and O–H groups in total. The van der Waals surface area contributed by atoms with Gasteiger partial charge in [-0.15, -0.1) is 0 Å². The Morgan fingerprint density at radius 3 is 2.94 bits per heavy atom. The molecule has 2 heterocycles. The van der Waals surface area contributed by atoms with Gasteiger partial charge < -0.3 is 15.5 Å². The van der Waals surface area contributed by atoms with Crippen LogP contribution in [0.5, 0.6) is 0 Å². The highest BCUT2D eigenvalue weighted by atomic mass is 16.3. The molecule has 1 fully saturated rings. The summed E-state index contributed by atoms with van der Waals surface area (Å²) in [5.74, 6) is 1.64. The van der Waals surface area contributed by atoms with Gasteiger partial charge in [0.05, 0.1) is 11.6 Å². The molecular weight excluding hydrogens is 226 g/mol. The molecule has 18 heavy (non-hydrogen) atoms. The van der Waals surface area contributed by atoms with Gasteiger partial charge in [-0.3, -0.25) is 0 Å². The molecule has 0 bridgehead atoms. The van der Waals surface area contributed by atoms with E-state index in [2.05, 4.69) is 10.3 Å². The van der Waals surface area contributed by atoms with Gasteiger partial charge in [-0.25, -0.2) is 4.98 Å². The number of aromatic nitrogens is 1. The quantitative estimate of drug-likeness (QED) is 0.872. The highest BCUT2D eigenvalue weighted by molar-refractivity contribution is 5.87. The van der Waals surface area contributed by atoms with Crippen molar-refractivity contribution in [3.63, 3.8) is 0 Å². The molecule has 2 aromatic heterocycles. The summed E-state index contributed by atoms with van der Waals surface area (Å²) in [5, 5.41) is 4.51. The zero-order valence-corrected chi connectivity index (χ0v) is 10.4. The highest BCUT2D eigenvalue weighted by Gasteiger charge is 2.18. The van der Waals surface area contributed by atoms with Crippen LogP contribution < -0.4 is 11.1 Å². The monoisotopic (exact) mass is 245 g/mol. The normalized spacial score (nSPS) is 24.3. The molecule has 4 nitrogen and oxygen atoms in total. The van der Waals surface area contributed by atoms with E-state index in [0.29, 0.717) is 12.0 Å². The van der Waals surface area contributed by atoms with Crippen LogP contribution in [0.4, 0.5) is 5.82 Å². The second kappa shape index (κ2) is 4.98. The van der Waals surface area contributed by atoms with E-state index in [4.69, 9.17) is 10.2 Å². The average Bonchev–Trinajstić information content (AvgIpc) is 2.87. The van der Waals surface area contributed by atoms with Gasteiger partial charge in [0.15, 0.2) is 0 Å². The summed E-state index contributed by atoms with van der Waals surface area (Å²) < 4.78 is 5.37. The van der Waals surface area contributed by atoms with Crippen LogP contribution in [0.1, 0.15) is 25.7 Å².